The van der Waals surface area contributed by atoms with Crippen LogP contribution in [0.1, 0.15) is 30.3 Å². The van der Waals surface area contributed by atoms with Crippen LogP contribution in [0.2, 0.25) is 0 Å². The average Bonchev–Trinajstić information content (AvgIpc) is 3.16. The number of ether oxygens (including phenoxy) is 1. The maximum Gasteiger partial charge on any atom is 0.166 e. The molecule has 130 valence electrons. The van der Waals surface area contributed by atoms with Gasteiger partial charge in [0, 0.05) is 6.04 Å². The number of furan rings is 1. The highest BCUT2D eigenvalue weighted by Crippen LogP contribution is 2.28. The molecule has 4 nitrogen and oxygen atoms in total. The van der Waals surface area contributed by atoms with Crippen molar-refractivity contribution in [3.63, 3.8) is 0 Å². The molecule has 0 radical (unpaired) electrons. The lowest BCUT2D eigenvalue weighted by Crippen LogP contribution is -2.27. The van der Waals surface area contributed by atoms with Crippen LogP contribution in [0.3, 0.4) is 0 Å². The largest absolute Gasteiger partial charge is 0.468 e. The zero-order valence-corrected chi connectivity index (χ0v) is 13.9. The van der Waals surface area contributed by atoms with E-state index >= 15 is 0 Å². The van der Waals surface area contributed by atoms with Crippen molar-refractivity contribution in [1.82, 2.24) is 5.32 Å². The second-order valence-corrected chi connectivity index (χ2v) is 5.74. The summed E-state index contributed by atoms with van der Waals surface area (Å²) >= 11 is 0. The van der Waals surface area contributed by atoms with E-state index in [2.05, 4.69) is 5.32 Å². The topological polar surface area (TPSA) is 54.6 Å². The van der Waals surface area contributed by atoms with Crippen LogP contribution in [-0.4, -0.2) is 11.7 Å². The lowest BCUT2D eigenvalue weighted by Gasteiger charge is -2.21. The molecule has 0 bridgehead atoms. The van der Waals surface area contributed by atoms with Gasteiger partial charge < -0.3 is 14.3 Å². The van der Waals surface area contributed by atoms with E-state index in [-0.39, 0.29) is 24.4 Å². The second-order valence-electron chi connectivity index (χ2n) is 5.74. The first-order valence-corrected chi connectivity index (χ1v) is 8.10. The van der Waals surface area contributed by atoms with Crippen molar-refractivity contribution < 1.29 is 18.7 Å². The highest BCUT2D eigenvalue weighted by Gasteiger charge is 2.18. The third-order valence-corrected chi connectivity index (χ3v) is 3.95. The molecule has 0 spiro atoms. The molecule has 0 saturated heterocycles. The van der Waals surface area contributed by atoms with Crippen LogP contribution >= 0.6 is 0 Å². The van der Waals surface area contributed by atoms with Gasteiger partial charge in [-0.1, -0.05) is 24.3 Å². The van der Waals surface area contributed by atoms with E-state index in [9.17, 15) is 9.50 Å². The Balaban J connectivity index is 1.71. The average molecular weight is 341 g/mol. The number of halogens is 1. The highest BCUT2D eigenvalue weighted by molar-refractivity contribution is 5.35. The predicted molar refractivity (Wildman–Crippen MR) is 93.0 cm³/mol. The summed E-state index contributed by atoms with van der Waals surface area (Å²) in [6, 6.07) is 16.9. The van der Waals surface area contributed by atoms with Gasteiger partial charge in [0.1, 0.15) is 11.5 Å². The molecule has 2 aromatic carbocycles. The first-order valence-electron chi connectivity index (χ1n) is 8.10. The van der Waals surface area contributed by atoms with E-state index < -0.39 is 5.82 Å². The van der Waals surface area contributed by atoms with Crippen LogP contribution in [0.4, 0.5) is 4.39 Å². The number of nitrogens with one attached hydrogen (secondary N) is 1. The number of para-hydroxylation sites is 1. The smallest absolute Gasteiger partial charge is 0.166 e. The Labute approximate surface area is 145 Å². The molecule has 1 aromatic heterocycles. The Kier molecular flexibility index (Phi) is 5.48. The summed E-state index contributed by atoms with van der Waals surface area (Å²) in [6.45, 7) is 1.79. The zero-order valence-electron chi connectivity index (χ0n) is 13.9. The monoisotopic (exact) mass is 341 g/mol. The SMILES string of the molecule is CC(NC(CO)c1ccco1)c1ccc(Oc2ccccc2)c(F)c1. The summed E-state index contributed by atoms with van der Waals surface area (Å²) in [6.07, 6.45) is 1.56. The van der Waals surface area contributed by atoms with Crippen LogP contribution in [0.5, 0.6) is 11.5 Å². The predicted octanol–water partition coefficient (Wildman–Crippen LogP) is 4.60. The Morgan fingerprint density at radius 2 is 1.92 bits per heavy atom. The summed E-state index contributed by atoms with van der Waals surface area (Å²) in [7, 11) is 0. The molecule has 2 unspecified atom stereocenters. The molecule has 0 fully saturated rings. The molecule has 0 amide bonds. The summed E-state index contributed by atoms with van der Waals surface area (Å²) in [5.74, 6) is 0.956. The maximum atomic E-state index is 14.4. The summed E-state index contributed by atoms with van der Waals surface area (Å²) < 4.78 is 25.2. The Morgan fingerprint density at radius 3 is 2.56 bits per heavy atom. The number of hydrogen-bond acceptors (Lipinski definition) is 4. The molecule has 2 N–H and O–H groups in total. The van der Waals surface area contributed by atoms with Crippen molar-refractivity contribution in [1.29, 1.82) is 0 Å². The molecule has 25 heavy (non-hydrogen) atoms. The fourth-order valence-corrected chi connectivity index (χ4v) is 2.60. The lowest BCUT2D eigenvalue weighted by atomic mass is 10.1. The normalized spacial score (nSPS) is 13.4. The summed E-state index contributed by atoms with van der Waals surface area (Å²) in [5, 5.41) is 12.8. The molecule has 3 aromatic rings. The van der Waals surface area contributed by atoms with E-state index in [1.165, 1.54) is 6.07 Å². The molecular weight excluding hydrogens is 321 g/mol. The Morgan fingerprint density at radius 1 is 1.12 bits per heavy atom. The fraction of sp³-hybridized carbons (Fsp3) is 0.200. The van der Waals surface area contributed by atoms with Crippen LogP contribution in [0.25, 0.3) is 0 Å². The van der Waals surface area contributed by atoms with Gasteiger partial charge in [-0.15, -0.1) is 0 Å². The molecule has 5 heteroatoms. The van der Waals surface area contributed by atoms with Crippen LogP contribution in [-0.2, 0) is 0 Å². The van der Waals surface area contributed by atoms with E-state index in [4.69, 9.17) is 9.15 Å². The third kappa shape index (κ3) is 4.26. The minimum Gasteiger partial charge on any atom is -0.468 e. The standard InChI is InChI=1S/C20H20FNO3/c1-14(22-18(13-23)20-8-5-11-24-20)15-9-10-19(17(21)12-15)25-16-6-3-2-4-7-16/h2-12,14,18,22-23H,13H2,1H3. The van der Waals surface area contributed by atoms with Gasteiger partial charge in [-0.3, -0.25) is 5.32 Å². The van der Waals surface area contributed by atoms with E-state index in [1.807, 2.05) is 25.1 Å². The van der Waals surface area contributed by atoms with Crippen molar-refractivity contribution >= 4 is 0 Å². The minimum atomic E-state index is -0.437. The van der Waals surface area contributed by atoms with Gasteiger partial charge in [0.05, 0.1) is 18.9 Å². The molecule has 1 heterocycles. The van der Waals surface area contributed by atoms with Crippen molar-refractivity contribution in [2.75, 3.05) is 6.61 Å². The van der Waals surface area contributed by atoms with E-state index in [0.717, 1.165) is 5.56 Å². The van der Waals surface area contributed by atoms with Gasteiger partial charge in [0.15, 0.2) is 11.6 Å². The van der Waals surface area contributed by atoms with Gasteiger partial charge in [-0.2, -0.15) is 0 Å². The van der Waals surface area contributed by atoms with E-state index in [1.54, 1.807) is 42.7 Å². The molecule has 0 saturated carbocycles. The van der Waals surface area contributed by atoms with Crippen LogP contribution in [0.15, 0.2) is 71.3 Å². The molecule has 0 aliphatic carbocycles. The minimum absolute atomic E-state index is 0.116. The number of rotatable bonds is 7. The van der Waals surface area contributed by atoms with Crippen LogP contribution < -0.4 is 10.1 Å². The number of hydrogen-bond donors (Lipinski definition) is 2. The summed E-state index contributed by atoms with van der Waals surface area (Å²) in [5.41, 5.74) is 0.753. The lowest BCUT2D eigenvalue weighted by molar-refractivity contribution is 0.217. The maximum absolute atomic E-state index is 14.4. The van der Waals surface area contributed by atoms with Crippen molar-refractivity contribution in [2.45, 2.75) is 19.0 Å². The fourth-order valence-electron chi connectivity index (χ4n) is 2.60. The highest BCUT2D eigenvalue weighted by atomic mass is 19.1. The molecular formula is C20H20FNO3. The zero-order chi connectivity index (χ0) is 17.6. The van der Waals surface area contributed by atoms with Crippen molar-refractivity contribution in [3.8, 4) is 11.5 Å². The van der Waals surface area contributed by atoms with Gasteiger partial charge in [-0.05, 0) is 48.9 Å². The quantitative estimate of drug-likeness (QED) is 0.660. The van der Waals surface area contributed by atoms with Crippen LogP contribution in [0, 0.1) is 5.82 Å². The number of benzene rings is 2. The Bertz CT molecular complexity index is 790. The van der Waals surface area contributed by atoms with Crippen molar-refractivity contribution in [3.05, 3.63) is 84.1 Å². The first kappa shape index (κ1) is 17.2. The second kappa shape index (κ2) is 7.96. The number of aliphatic hydroxyl groups excluding tert-OH is 1. The third-order valence-electron chi connectivity index (χ3n) is 3.95. The van der Waals surface area contributed by atoms with E-state index in [0.29, 0.717) is 11.5 Å². The molecule has 0 aliphatic rings. The molecule has 3 rings (SSSR count). The number of aliphatic hydroxyl groups is 1. The van der Waals surface area contributed by atoms with Gasteiger partial charge in [0.25, 0.3) is 0 Å². The van der Waals surface area contributed by atoms with Gasteiger partial charge >= 0.3 is 0 Å². The van der Waals surface area contributed by atoms with Crippen molar-refractivity contribution in [2.24, 2.45) is 0 Å². The molecule has 0 aliphatic heterocycles. The van der Waals surface area contributed by atoms with Gasteiger partial charge in [-0.25, -0.2) is 4.39 Å². The first-order chi connectivity index (χ1) is 12.2. The Hall–Kier alpha value is -2.63. The summed E-state index contributed by atoms with van der Waals surface area (Å²) in [4.78, 5) is 0. The van der Waals surface area contributed by atoms with Gasteiger partial charge in [0.2, 0.25) is 0 Å². The molecule has 2 atom stereocenters.